The molecule has 2 heterocycles. The first-order chi connectivity index (χ1) is 9.68. The second kappa shape index (κ2) is 5.91. The van der Waals surface area contributed by atoms with Crippen molar-refractivity contribution in [3.63, 3.8) is 0 Å². The van der Waals surface area contributed by atoms with Gasteiger partial charge in [0.25, 0.3) is 0 Å². The molecule has 2 atom stereocenters. The van der Waals surface area contributed by atoms with E-state index in [2.05, 4.69) is 52.1 Å². The Hall–Kier alpha value is -1.16. The van der Waals surface area contributed by atoms with Crippen molar-refractivity contribution in [2.24, 2.45) is 11.8 Å². The number of hydrogen-bond acceptors (Lipinski definition) is 3. The topological polar surface area (TPSA) is 46.2 Å². The second-order valence-corrected chi connectivity index (χ2v) is 8.53. The quantitative estimate of drug-likeness (QED) is 0.862. The molecule has 2 rings (SSSR count). The Kier molecular flexibility index (Phi) is 4.57. The molecule has 0 radical (unpaired) electrons. The zero-order valence-electron chi connectivity index (χ0n) is 13.5. The summed E-state index contributed by atoms with van der Waals surface area (Å²) < 4.78 is 0. The summed E-state index contributed by atoms with van der Waals surface area (Å²) in [5, 5.41) is 2.50. The van der Waals surface area contributed by atoms with Crippen molar-refractivity contribution in [3.8, 4) is 0 Å². The largest absolute Gasteiger partial charge is 0.296 e. The summed E-state index contributed by atoms with van der Waals surface area (Å²) in [5.41, 5.74) is 0.109. The SMILES string of the molecule is CC(C)CC1C(=O)NC(=O)CC1c1ccc(C(C)(C)C)s1. The molecular formula is C17H25NO2S. The van der Waals surface area contributed by atoms with E-state index in [1.54, 1.807) is 11.3 Å². The third-order valence-electron chi connectivity index (χ3n) is 3.95. The molecule has 1 aromatic heterocycles. The Balaban J connectivity index is 2.30. The summed E-state index contributed by atoms with van der Waals surface area (Å²) in [5.74, 6) is 0.147. The Bertz CT molecular complexity index is 539. The summed E-state index contributed by atoms with van der Waals surface area (Å²) in [7, 11) is 0. The maximum absolute atomic E-state index is 12.2. The van der Waals surface area contributed by atoms with Crippen LogP contribution in [0.2, 0.25) is 0 Å². The molecule has 1 N–H and O–H groups in total. The van der Waals surface area contributed by atoms with Crippen LogP contribution in [0.1, 0.15) is 63.1 Å². The van der Waals surface area contributed by atoms with E-state index >= 15 is 0 Å². The molecule has 1 aliphatic heterocycles. The molecule has 1 saturated heterocycles. The van der Waals surface area contributed by atoms with Crippen LogP contribution in [0.5, 0.6) is 0 Å². The Morgan fingerprint density at radius 1 is 1.29 bits per heavy atom. The molecule has 0 saturated carbocycles. The molecule has 3 nitrogen and oxygen atoms in total. The van der Waals surface area contributed by atoms with Gasteiger partial charge in [0, 0.05) is 28.0 Å². The highest BCUT2D eigenvalue weighted by Crippen LogP contribution is 2.40. The van der Waals surface area contributed by atoms with E-state index in [-0.39, 0.29) is 29.1 Å². The molecule has 2 unspecified atom stereocenters. The summed E-state index contributed by atoms with van der Waals surface area (Å²) in [6.45, 7) is 10.8. The molecule has 1 aliphatic rings. The molecule has 0 bridgehead atoms. The zero-order chi connectivity index (χ0) is 15.8. The van der Waals surface area contributed by atoms with Gasteiger partial charge in [0.2, 0.25) is 11.8 Å². The minimum Gasteiger partial charge on any atom is -0.296 e. The van der Waals surface area contributed by atoms with Crippen LogP contribution in [0.25, 0.3) is 0 Å². The van der Waals surface area contributed by atoms with Crippen molar-refractivity contribution in [1.29, 1.82) is 0 Å². The van der Waals surface area contributed by atoms with Crippen molar-refractivity contribution < 1.29 is 9.59 Å². The molecule has 1 aromatic rings. The third kappa shape index (κ3) is 3.73. The number of hydrogen-bond donors (Lipinski definition) is 1. The average molecular weight is 307 g/mol. The fourth-order valence-corrected chi connectivity index (χ4v) is 4.07. The van der Waals surface area contributed by atoms with E-state index in [1.807, 2.05) is 0 Å². The fraction of sp³-hybridized carbons (Fsp3) is 0.647. The van der Waals surface area contributed by atoms with Gasteiger partial charge in [-0.3, -0.25) is 14.9 Å². The smallest absolute Gasteiger partial charge is 0.230 e. The fourth-order valence-electron chi connectivity index (χ4n) is 2.84. The standard InChI is InChI=1S/C17H25NO2S/c1-10(2)8-12-11(9-15(19)18-16(12)20)13-6-7-14(21-13)17(3,4)5/h6-7,10-12H,8-9H2,1-5H3,(H,18,19,20). The van der Waals surface area contributed by atoms with Crippen LogP contribution in [0.15, 0.2) is 12.1 Å². The van der Waals surface area contributed by atoms with Crippen molar-refractivity contribution >= 4 is 23.2 Å². The van der Waals surface area contributed by atoms with Crippen molar-refractivity contribution in [2.45, 2.75) is 58.8 Å². The monoisotopic (exact) mass is 307 g/mol. The van der Waals surface area contributed by atoms with Crippen LogP contribution in [-0.2, 0) is 15.0 Å². The summed E-state index contributed by atoms with van der Waals surface area (Å²) in [6.07, 6.45) is 1.25. The number of nitrogens with one attached hydrogen (secondary N) is 1. The molecule has 0 spiro atoms. The summed E-state index contributed by atoms with van der Waals surface area (Å²) in [4.78, 5) is 26.4. The normalized spacial score (nSPS) is 23.5. The maximum Gasteiger partial charge on any atom is 0.230 e. The first-order valence-corrected chi connectivity index (χ1v) is 8.44. The number of rotatable bonds is 3. The van der Waals surface area contributed by atoms with Crippen LogP contribution in [-0.4, -0.2) is 11.8 Å². The lowest BCUT2D eigenvalue weighted by Crippen LogP contribution is -2.45. The molecule has 0 aromatic carbocycles. The predicted molar refractivity (Wildman–Crippen MR) is 86.5 cm³/mol. The maximum atomic E-state index is 12.2. The third-order valence-corrected chi connectivity index (χ3v) is 5.59. The van der Waals surface area contributed by atoms with Gasteiger partial charge in [0.1, 0.15) is 0 Å². The summed E-state index contributed by atoms with van der Waals surface area (Å²) >= 11 is 1.75. The van der Waals surface area contributed by atoms with Gasteiger partial charge < -0.3 is 0 Å². The van der Waals surface area contributed by atoms with Gasteiger partial charge >= 0.3 is 0 Å². The van der Waals surface area contributed by atoms with Crippen LogP contribution in [0, 0.1) is 11.8 Å². The molecule has 2 amide bonds. The van der Waals surface area contributed by atoms with E-state index in [0.29, 0.717) is 12.3 Å². The number of thiophene rings is 1. The first-order valence-electron chi connectivity index (χ1n) is 7.62. The van der Waals surface area contributed by atoms with Gasteiger partial charge in [-0.15, -0.1) is 11.3 Å². The Morgan fingerprint density at radius 3 is 2.48 bits per heavy atom. The summed E-state index contributed by atoms with van der Waals surface area (Å²) in [6, 6.07) is 4.25. The predicted octanol–water partition coefficient (Wildman–Crippen LogP) is 3.84. The highest BCUT2D eigenvalue weighted by molar-refractivity contribution is 7.12. The van der Waals surface area contributed by atoms with E-state index < -0.39 is 0 Å². The Morgan fingerprint density at radius 2 is 1.95 bits per heavy atom. The van der Waals surface area contributed by atoms with Crippen LogP contribution in [0.3, 0.4) is 0 Å². The van der Waals surface area contributed by atoms with E-state index in [1.165, 1.54) is 9.75 Å². The van der Waals surface area contributed by atoms with Crippen molar-refractivity contribution in [1.82, 2.24) is 5.32 Å². The van der Waals surface area contributed by atoms with Gasteiger partial charge in [-0.1, -0.05) is 34.6 Å². The van der Waals surface area contributed by atoms with Crippen molar-refractivity contribution in [3.05, 3.63) is 21.9 Å². The van der Waals surface area contributed by atoms with Gasteiger partial charge in [-0.25, -0.2) is 0 Å². The number of piperidine rings is 1. The molecule has 1 fully saturated rings. The lowest BCUT2D eigenvalue weighted by molar-refractivity contribution is -0.137. The molecule has 4 heteroatoms. The number of amides is 2. The number of carbonyl (C=O) groups excluding carboxylic acids is 2. The van der Waals surface area contributed by atoms with Gasteiger partial charge in [0.05, 0.1) is 0 Å². The number of carbonyl (C=O) groups is 2. The van der Waals surface area contributed by atoms with Gasteiger partial charge in [-0.05, 0) is 29.9 Å². The van der Waals surface area contributed by atoms with E-state index in [0.717, 1.165) is 6.42 Å². The minimum atomic E-state index is -0.143. The lowest BCUT2D eigenvalue weighted by Gasteiger charge is -2.30. The highest BCUT2D eigenvalue weighted by Gasteiger charge is 2.38. The lowest BCUT2D eigenvalue weighted by atomic mass is 9.79. The minimum absolute atomic E-state index is 0.0368. The van der Waals surface area contributed by atoms with Crippen LogP contribution < -0.4 is 5.32 Å². The highest BCUT2D eigenvalue weighted by atomic mass is 32.1. The van der Waals surface area contributed by atoms with E-state index in [4.69, 9.17) is 0 Å². The van der Waals surface area contributed by atoms with E-state index in [9.17, 15) is 9.59 Å². The zero-order valence-corrected chi connectivity index (χ0v) is 14.3. The second-order valence-electron chi connectivity index (χ2n) is 7.41. The molecule has 116 valence electrons. The molecule has 0 aliphatic carbocycles. The molecular weight excluding hydrogens is 282 g/mol. The first kappa shape index (κ1) is 16.2. The van der Waals surface area contributed by atoms with Gasteiger partial charge in [-0.2, -0.15) is 0 Å². The van der Waals surface area contributed by atoms with Gasteiger partial charge in [0.15, 0.2) is 0 Å². The Labute approximate surface area is 131 Å². The van der Waals surface area contributed by atoms with Crippen LogP contribution >= 0.6 is 11.3 Å². The number of imide groups is 1. The van der Waals surface area contributed by atoms with Crippen LogP contribution in [0.4, 0.5) is 0 Å². The molecule has 21 heavy (non-hydrogen) atoms. The van der Waals surface area contributed by atoms with Crippen molar-refractivity contribution in [2.75, 3.05) is 0 Å². The average Bonchev–Trinajstić information content (AvgIpc) is 2.80.